The highest BCUT2D eigenvalue weighted by atomic mass is 16.5. The van der Waals surface area contributed by atoms with Crippen LogP contribution in [0.25, 0.3) is 11.3 Å². The molecule has 0 atom stereocenters. The third-order valence-electron chi connectivity index (χ3n) is 3.95. The van der Waals surface area contributed by atoms with Gasteiger partial charge in [0.25, 0.3) is 0 Å². The minimum Gasteiger partial charge on any atom is -0.496 e. The van der Waals surface area contributed by atoms with Crippen LogP contribution in [0.1, 0.15) is 36.9 Å². The van der Waals surface area contributed by atoms with Gasteiger partial charge in [0, 0.05) is 5.56 Å². The van der Waals surface area contributed by atoms with E-state index in [-0.39, 0.29) is 0 Å². The Morgan fingerprint density at radius 1 is 0.950 bits per heavy atom. The van der Waals surface area contributed by atoms with Gasteiger partial charge >= 0.3 is 0 Å². The first-order valence-corrected chi connectivity index (χ1v) is 7.37. The van der Waals surface area contributed by atoms with Crippen molar-refractivity contribution in [2.24, 2.45) is 0 Å². The molecule has 0 aliphatic heterocycles. The fraction of sp³-hybridized carbons (Fsp3) is 0.412. The minimum absolute atomic E-state index is 0.854. The van der Waals surface area contributed by atoms with Gasteiger partial charge in [0.2, 0.25) is 0 Å². The van der Waals surface area contributed by atoms with Crippen LogP contribution in [0.2, 0.25) is 0 Å². The molecule has 0 bridgehead atoms. The second kappa shape index (κ2) is 6.04. The molecular weight excluding hydrogens is 248 g/mol. The maximum atomic E-state index is 5.42. The van der Waals surface area contributed by atoms with E-state index in [0.717, 1.165) is 29.8 Å². The summed E-state index contributed by atoms with van der Waals surface area (Å²) in [6.07, 6.45) is 7.31. The summed E-state index contributed by atoms with van der Waals surface area (Å²) in [5.74, 6) is 0.854. The molecule has 1 aliphatic rings. The van der Waals surface area contributed by atoms with Gasteiger partial charge in [0.15, 0.2) is 0 Å². The van der Waals surface area contributed by atoms with Gasteiger partial charge < -0.3 is 4.74 Å². The van der Waals surface area contributed by atoms with Crippen molar-refractivity contribution in [2.45, 2.75) is 38.5 Å². The smallest absolute Gasteiger partial charge is 0.128 e. The van der Waals surface area contributed by atoms with E-state index in [1.165, 1.54) is 36.9 Å². The molecule has 1 aromatic carbocycles. The Morgan fingerprint density at radius 3 is 2.60 bits per heavy atom. The lowest BCUT2D eigenvalue weighted by molar-refractivity contribution is 0.416. The summed E-state index contributed by atoms with van der Waals surface area (Å²) < 4.78 is 5.42. The van der Waals surface area contributed by atoms with Crippen molar-refractivity contribution in [3.05, 3.63) is 41.6 Å². The first kappa shape index (κ1) is 13.1. The van der Waals surface area contributed by atoms with Crippen LogP contribution in [0.5, 0.6) is 5.75 Å². The van der Waals surface area contributed by atoms with E-state index in [2.05, 4.69) is 16.3 Å². The number of nitrogens with zero attached hydrogens (tertiary/aromatic N) is 2. The summed E-state index contributed by atoms with van der Waals surface area (Å²) in [5.41, 5.74) is 4.48. The van der Waals surface area contributed by atoms with Gasteiger partial charge in [-0.3, -0.25) is 0 Å². The lowest BCUT2D eigenvalue weighted by atomic mass is 9.96. The van der Waals surface area contributed by atoms with Crippen LogP contribution in [0.4, 0.5) is 0 Å². The molecule has 0 unspecified atom stereocenters. The first-order chi connectivity index (χ1) is 9.88. The average molecular weight is 268 g/mol. The van der Waals surface area contributed by atoms with Crippen molar-refractivity contribution in [1.82, 2.24) is 10.2 Å². The molecule has 20 heavy (non-hydrogen) atoms. The Labute approximate surface area is 120 Å². The highest BCUT2D eigenvalue weighted by molar-refractivity contribution is 5.67. The van der Waals surface area contributed by atoms with Gasteiger partial charge in [0.05, 0.1) is 18.5 Å². The van der Waals surface area contributed by atoms with E-state index >= 15 is 0 Å². The second-order valence-electron chi connectivity index (χ2n) is 5.32. The molecule has 0 N–H and O–H groups in total. The highest BCUT2D eigenvalue weighted by Gasteiger charge is 2.13. The molecule has 0 fully saturated rings. The zero-order chi connectivity index (χ0) is 13.8. The number of hydrogen-bond acceptors (Lipinski definition) is 3. The van der Waals surface area contributed by atoms with E-state index in [1.807, 2.05) is 24.3 Å². The summed E-state index contributed by atoms with van der Waals surface area (Å²) in [4.78, 5) is 0. The van der Waals surface area contributed by atoms with Gasteiger partial charge in [-0.05, 0) is 49.4 Å². The Balaban J connectivity index is 2.00. The van der Waals surface area contributed by atoms with Crippen LogP contribution in [0.3, 0.4) is 0 Å². The molecule has 1 aromatic heterocycles. The molecule has 0 saturated carbocycles. The zero-order valence-electron chi connectivity index (χ0n) is 11.9. The van der Waals surface area contributed by atoms with Crippen molar-refractivity contribution in [3.63, 3.8) is 0 Å². The lowest BCUT2D eigenvalue weighted by Crippen LogP contribution is -2.05. The van der Waals surface area contributed by atoms with Gasteiger partial charge in [-0.25, -0.2) is 0 Å². The summed E-state index contributed by atoms with van der Waals surface area (Å²) in [6, 6.07) is 10.2. The maximum absolute atomic E-state index is 5.42. The van der Waals surface area contributed by atoms with Crippen LogP contribution < -0.4 is 4.74 Å². The monoisotopic (exact) mass is 268 g/mol. The van der Waals surface area contributed by atoms with Crippen LogP contribution >= 0.6 is 0 Å². The van der Waals surface area contributed by atoms with Gasteiger partial charge in [-0.15, -0.1) is 0 Å². The lowest BCUT2D eigenvalue weighted by Gasteiger charge is -2.14. The third-order valence-corrected chi connectivity index (χ3v) is 3.95. The fourth-order valence-corrected chi connectivity index (χ4v) is 2.83. The molecule has 3 nitrogen and oxygen atoms in total. The highest BCUT2D eigenvalue weighted by Crippen LogP contribution is 2.29. The van der Waals surface area contributed by atoms with E-state index in [1.54, 1.807) is 7.11 Å². The Bertz CT molecular complexity index is 595. The second-order valence-corrected chi connectivity index (χ2v) is 5.32. The number of aromatic nitrogens is 2. The largest absolute Gasteiger partial charge is 0.496 e. The number of ether oxygens (including phenoxy) is 1. The molecule has 0 spiro atoms. The fourth-order valence-electron chi connectivity index (χ4n) is 2.83. The van der Waals surface area contributed by atoms with E-state index in [4.69, 9.17) is 4.74 Å². The maximum Gasteiger partial charge on any atom is 0.128 e. The quantitative estimate of drug-likeness (QED) is 0.830. The molecule has 1 aliphatic carbocycles. The summed E-state index contributed by atoms with van der Waals surface area (Å²) in [5, 5.41) is 8.88. The molecule has 0 radical (unpaired) electrons. The molecule has 0 amide bonds. The Kier molecular flexibility index (Phi) is 3.95. The van der Waals surface area contributed by atoms with E-state index in [9.17, 15) is 0 Å². The predicted octanol–water partition coefficient (Wildman–Crippen LogP) is 3.81. The van der Waals surface area contributed by atoms with Gasteiger partial charge in [-0.1, -0.05) is 25.0 Å². The Hall–Kier alpha value is -1.90. The van der Waals surface area contributed by atoms with Crippen LogP contribution in [0, 0.1) is 0 Å². The molecule has 3 rings (SSSR count). The number of aryl methyl sites for hydroxylation is 2. The van der Waals surface area contributed by atoms with Crippen molar-refractivity contribution < 1.29 is 4.74 Å². The van der Waals surface area contributed by atoms with E-state index < -0.39 is 0 Å². The Morgan fingerprint density at radius 2 is 1.75 bits per heavy atom. The number of hydrogen-bond donors (Lipinski definition) is 0. The van der Waals surface area contributed by atoms with Crippen LogP contribution in [0.15, 0.2) is 30.3 Å². The molecular formula is C17H20N2O. The number of para-hydroxylation sites is 1. The molecule has 0 saturated heterocycles. The average Bonchev–Trinajstić information content (AvgIpc) is 2.48. The van der Waals surface area contributed by atoms with Crippen LogP contribution in [-0.2, 0) is 12.8 Å². The van der Waals surface area contributed by atoms with Crippen molar-refractivity contribution in [2.75, 3.05) is 7.11 Å². The molecule has 2 aromatic rings. The standard InChI is InChI=1S/C17H20N2O/c1-20-17-11-7-6-9-14(17)16-12-13-8-4-2-3-5-10-15(13)18-19-16/h6-7,9,11-12H,2-5,8,10H2,1H3. The minimum atomic E-state index is 0.854. The first-order valence-electron chi connectivity index (χ1n) is 7.37. The molecule has 104 valence electrons. The summed E-state index contributed by atoms with van der Waals surface area (Å²) >= 11 is 0. The number of benzene rings is 1. The summed E-state index contributed by atoms with van der Waals surface area (Å²) in [7, 11) is 1.69. The third kappa shape index (κ3) is 2.67. The van der Waals surface area contributed by atoms with Crippen molar-refractivity contribution >= 4 is 0 Å². The van der Waals surface area contributed by atoms with Crippen molar-refractivity contribution in [1.29, 1.82) is 0 Å². The number of methoxy groups -OCH3 is 1. The molecule has 1 heterocycles. The molecule has 3 heteroatoms. The predicted molar refractivity (Wildman–Crippen MR) is 79.9 cm³/mol. The van der Waals surface area contributed by atoms with E-state index in [0.29, 0.717) is 0 Å². The number of fused-ring (bicyclic) bond motifs is 1. The van der Waals surface area contributed by atoms with Gasteiger partial charge in [-0.2, -0.15) is 10.2 Å². The SMILES string of the molecule is COc1ccccc1-c1cc2c(nn1)CCCCCC2. The van der Waals surface area contributed by atoms with Crippen LogP contribution in [-0.4, -0.2) is 17.3 Å². The topological polar surface area (TPSA) is 35.0 Å². The van der Waals surface area contributed by atoms with Gasteiger partial charge in [0.1, 0.15) is 5.75 Å². The zero-order valence-corrected chi connectivity index (χ0v) is 11.9. The number of rotatable bonds is 2. The normalized spacial score (nSPS) is 15.1. The van der Waals surface area contributed by atoms with Crippen molar-refractivity contribution in [3.8, 4) is 17.0 Å². The summed E-state index contributed by atoms with van der Waals surface area (Å²) in [6.45, 7) is 0.